The first kappa shape index (κ1) is 17.9. The molecule has 132 valence electrons. The summed E-state index contributed by atoms with van der Waals surface area (Å²) in [5.41, 5.74) is 2.79. The molecule has 5 nitrogen and oxygen atoms in total. The molecule has 0 unspecified atom stereocenters. The number of benzene rings is 2. The molecule has 1 N–H and O–H groups in total. The minimum Gasteiger partial charge on any atom is -0.322 e. The molecule has 1 amide bonds. The number of rotatable bonds is 4. The van der Waals surface area contributed by atoms with Crippen LogP contribution in [0.3, 0.4) is 0 Å². The Morgan fingerprint density at radius 2 is 1.92 bits per heavy atom. The summed E-state index contributed by atoms with van der Waals surface area (Å²) in [4.78, 5) is 12.4. The van der Waals surface area contributed by atoms with E-state index in [1.54, 1.807) is 37.3 Å². The average molecular weight is 423 g/mol. The van der Waals surface area contributed by atoms with Crippen molar-refractivity contribution in [3.05, 3.63) is 58.1 Å². The number of nitrogens with one attached hydrogen (secondary N) is 1. The fraction of sp³-hybridized carbons (Fsp3) is 0.278. The molecule has 1 aliphatic rings. The van der Waals surface area contributed by atoms with Gasteiger partial charge in [-0.2, -0.15) is 0 Å². The van der Waals surface area contributed by atoms with Gasteiger partial charge in [-0.3, -0.25) is 9.10 Å². The van der Waals surface area contributed by atoms with Crippen molar-refractivity contribution in [1.82, 2.24) is 0 Å². The predicted molar refractivity (Wildman–Crippen MR) is 104 cm³/mol. The predicted octanol–water partition coefficient (Wildman–Crippen LogP) is 3.80. The fourth-order valence-electron chi connectivity index (χ4n) is 2.87. The summed E-state index contributed by atoms with van der Waals surface area (Å²) >= 11 is 3.34. The van der Waals surface area contributed by atoms with Gasteiger partial charge in [0, 0.05) is 22.3 Å². The van der Waals surface area contributed by atoms with Gasteiger partial charge < -0.3 is 5.32 Å². The minimum atomic E-state index is -3.32. The van der Waals surface area contributed by atoms with E-state index in [0.29, 0.717) is 23.5 Å². The first-order valence-electron chi connectivity index (χ1n) is 8.11. The standard InChI is InChI=1S/C18H19BrN2O3S/c1-2-25(23,24)21-11-3-4-13-7-10-16(12-17(13)21)20-18(22)14-5-8-15(19)9-6-14/h5-10,12H,2-4,11H2,1H3,(H,20,22). The number of hydrogen-bond donors (Lipinski definition) is 1. The Morgan fingerprint density at radius 1 is 1.20 bits per heavy atom. The lowest BCUT2D eigenvalue weighted by Crippen LogP contribution is -2.36. The zero-order valence-corrected chi connectivity index (χ0v) is 16.2. The summed E-state index contributed by atoms with van der Waals surface area (Å²) in [7, 11) is -3.32. The van der Waals surface area contributed by atoms with Crippen molar-refractivity contribution in [1.29, 1.82) is 0 Å². The number of carbonyl (C=O) groups excluding carboxylic acids is 1. The second-order valence-corrected chi connectivity index (χ2v) is 8.98. The van der Waals surface area contributed by atoms with Gasteiger partial charge in [0.25, 0.3) is 5.91 Å². The Morgan fingerprint density at radius 3 is 2.60 bits per heavy atom. The second-order valence-electron chi connectivity index (χ2n) is 5.88. The van der Waals surface area contributed by atoms with Gasteiger partial charge in [0.05, 0.1) is 11.4 Å². The smallest absolute Gasteiger partial charge is 0.255 e. The molecule has 0 saturated heterocycles. The summed E-state index contributed by atoms with van der Waals surface area (Å²) in [6.45, 7) is 2.12. The van der Waals surface area contributed by atoms with Crippen LogP contribution in [0, 0.1) is 0 Å². The highest BCUT2D eigenvalue weighted by atomic mass is 79.9. The van der Waals surface area contributed by atoms with Crippen LogP contribution in [0.2, 0.25) is 0 Å². The van der Waals surface area contributed by atoms with Gasteiger partial charge in [-0.25, -0.2) is 8.42 Å². The normalized spacial score (nSPS) is 14.1. The summed E-state index contributed by atoms with van der Waals surface area (Å²) in [5.74, 6) is -0.171. The molecule has 2 aromatic carbocycles. The molecule has 0 atom stereocenters. The van der Waals surface area contributed by atoms with Crippen LogP contribution >= 0.6 is 15.9 Å². The Hall–Kier alpha value is -1.86. The number of sulfonamides is 1. The molecule has 2 aromatic rings. The van der Waals surface area contributed by atoms with E-state index in [2.05, 4.69) is 21.2 Å². The highest BCUT2D eigenvalue weighted by Crippen LogP contribution is 2.32. The van der Waals surface area contributed by atoms with Gasteiger partial charge in [-0.1, -0.05) is 22.0 Å². The van der Waals surface area contributed by atoms with E-state index in [9.17, 15) is 13.2 Å². The molecular weight excluding hydrogens is 404 g/mol. The van der Waals surface area contributed by atoms with Gasteiger partial charge >= 0.3 is 0 Å². The first-order chi connectivity index (χ1) is 11.9. The number of anilines is 2. The van der Waals surface area contributed by atoms with E-state index in [4.69, 9.17) is 0 Å². The largest absolute Gasteiger partial charge is 0.322 e. The number of carbonyl (C=O) groups is 1. The van der Waals surface area contributed by atoms with Crippen molar-refractivity contribution in [2.45, 2.75) is 19.8 Å². The topological polar surface area (TPSA) is 66.5 Å². The molecule has 0 aromatic heterocycles. The zero-order valence-electron chi connectivity index (χ0n) is 13.8. The molecule has 25 heavy (non-hydrogen) atoms. The van der Waals surface area contributed by atoms with Gasteiger partial charge in [-0.05, 0) is 61.7 Å². The third kappa shape index (κ3) is 3.88. The number of amides is 1. The number of hydrogen-bond acceptors (Lipinski definition) is 3. The third-order valence-corrected chi connectivity index (χ3v) is 6.54. The number of nitrogens with zero attached hydrogens (tertiary/aromatic N) is 1. The van der Waals surface area contributed by atoms with Crippen LogP contribution in [-0.2, 0) is 16.4 Å². The summed E-state index contributed by atoms with van der Waals surface area (Å²) in [6.07, 6.45) is 1.64. The van der Waals surface area contributed by atoms with Gasteiger partial charge in [0.15, 0.2) is 0 Å². The fourth-order valence-corrected chi connectivity index (χ4v) is 4.32. The lowest BCUT2D eigenvalue weighted by atomic mass is 10.0. The van der Waals surface area contributed by atoms with Gasteiger partial charge in [-0.15, -0.1) is 0 Å². The average Bonchev–Trinajstić information content (AvgIpc) is 2.61. The van der Waals surface area contributed by atoms with Crippen LogP contribution in [0.25, 0.3) is 0 Å². The van der Waals surface area contributed by atoms with Crippen LogP contribution in [-0.4, -0.2) is 26.6 Å². The van der Waals surface area contributed by atoms with Crippen LogP contribution < -0.4 is 9.62 Å². The van der Waals surface area contributed by atoms with E-state index in [-0.39, 0.29) is 11.7 Å². The van der Waals surface area contributed by atoms with Crippen LogP contribution in [0.1, 0.15) is 29.3 Å². The number of halogens is 1. The van der Waals surface area contributed by atoms with Gasteiger partial charge in [0.2, 0.25) is 10.0 Å². The lowest BCUT2D eigenvalue weighted by molar-refractivity contribution is 0.102. The third-order valence-electron chi connectivity index (χ3n) is 4.23. The van der Waals surface area contributed by atoms with Gasteiger partial charge in [0.1, 0.15) is 0 Å². The Bertz CT molecular complexity index is 895. The van der Waals surface area contributed by atoms with Crippen molar-refractivity contribution >= 4 is 43.2 Å². The molecule has 1 aliphatic heterocycles. The highest BCUT2D eigenvalue weighted by molar-refractivity contribution is 9.10. The molecule has 3 rings (SSSR count). The second kappa shape index (κ2) is 7.17. The van der Waals surface area contributed by atoms with E-state index >= 15 is 0 Å². The Labute approximate surface area is 156 Å². The van der Waals surface area contributed by atoms with Crippen LogP contribution in [0.4, 0.5) is 11.4 Å². The number of aryl methyl sites for hydroxylation is 1. The maximum Gasteiger partial charge on any atom is 0.255 e. The van der Waals surface area contributed by atoms with Crippen molar-refractivity contribution in [3.8, 4) is 0 Å². The molecule has 0 bridgehead atoms. The summed E-state index contributed by atoms with van der Waals surface area (Å²) in [5, 5.41) is 2.84. The minimum absolute atomic E-state index is 0.0575. The molecular formula is C18H19BrN2O3S. The summed E-state index contributed by atoms with van der Waals surface area (Å²) in [6, 6.07) is 12.5. The van der Waals surface area contributed by atoms with Crippen LogP contribution in [0.15, 0.2) is 46.9 Å². The zero-order chi connectivity index (χ0) is 18.0. The molecule has 0 radical (unpaired) electrons. The van der Waals surface area contributed by atoms with E-state index in [0.717, 1.165) is 22.9 Å². The SMILES string of the molecule is CCS(=O)(=O)N1CCCc2ccc(NC(=O)c3ccc(Br)cc3)cc21. The first-order valence-corrected chi connectivity index (χ1v) is 10.5. The van der Waals surface area contributed by atoms with E-state index < -0.39 is 10.0 Å². The van der Waals surface area contributed by atoms with Crippen molar-refractivity contribution in [2.75, 3.05) is 21.9 Å². The van der Waals surface area contributed by atoms with Crippen LogP contribution in [0.5, 0.6) is 0 Å². The Balaban J connectivity index is 1.88. The molecule has 0 saturated carbocycles. The molecule has 1 heterocycles. The molecule has 7 heteroatoms. The van der Waals surface area contributed by atoms with Crippen molar-refractivity contribution in [3.63, 3.8) is 0 Å². The molecule has 0 spiro atoms. The maximum absolute atomic E-state index is 12.4. The van der Waals surface area contributed by atoms with E-state index in [1.165, 1.54) is 4.31 Å². The van der Waals surface area contributed by atoms with Crippen molar-refractivity contribution in [2.24, 2.45) is 0 Å². The summed E-state index contributed by atoms with van der Waals surface area (Å²) < 4.78 is 27.0. The lowest BCUT2D eigenvalue weighted by Gasteiger charge is -2.30. The Kier molecular flexibility index (Phi) is 5.15. The monoisotopic (exact) mass is 422 g/mol. The quantitative estimate of drug-likeness (QED) is 0.814. The van der Waals surface area contributed by atoms with E-state index in [1.807, 2.05) is 12.1 Å². The highest BCUT2D eigenvalue weighted by Gasteiger charge is 2.26. The molecule has 0 fully saturated rings. The van der Waals surface area contributed by atoms with Crippen molar-refractivity contribution < 1.29 is 13.2 Å². The number of fused-ring (bicyclic) bond motifs is 1. The maximum atomic E-state index is 12.4. The molecule has 0 aliphatic carbocycles.